The second kappa shape index (κ2) is 7.35. The molecule has 1 saturated heterocycles. The lowest BCUT2D eigenvalue weighted by Crippen LogP contribution is -2.44. The lowest BCUT2D eigenvalue weighted by molar-refractivity contribution is 0.0126. The number of piperidine rings is 1. The van der Waals surface area contributed by atoms with Crippen LogP contribution in [0.2, 0.25) is 0 Å². The third kappa shape index (κ3) is 4.53. The van der Waals surface area contributed by atoms with E-state index in [4.69, 9.17) is 13.9 Å². The minimum Gasteiger partial charge on any atom is -0.490 e. The van der Waals surface area contributed by atoms with Crippen molar-refractivity contribution in [2.45, 2.75) is 52.2 Å². The first-order valence-corrected chi connectivity index (χ1v) is 8.83. The fourth-order valence-corrected chi connectivity index (χ4v) is 2.87. The van der Waals surface area contributed by atoms with Crippen LogP contribution in [0.5, 0.6) is 5.75 Å². The molecule has 26 heavy (non-hydrogen) atoms. The van der Waals surface area contributed by atoms with E-state index in [1.165, 1.54) is 6.39 Å². The number of amides is 1. The van der Waals surface area contributed by atoms with E-state index in [1.807, 2.05) is 45.9 Å². The quantitative estimate of drug-likeness (QED) is 0.829. The smallest absolute Gasteiger partial charge is 0.410 e. The third-order valence-corrected chi connectivity index (χ3v) is 4.20. The van der Waals surface area contributed by atoms with Gasteiger partial charge in [-0.05, 0) is 45.4 Å². The highest BCUT2D eigenvalue weighted by molar-refractivity contribution is 5.68. The molecule has 7 heteroatoms. The Morgan fingerprint density at radius 1 is 1.27 bits per heavy atom. The molecule has 3 rings (SSSR count). The van der Waals surface area contributed by atoms with Crippen molar-refractivity contribution in [2.75, 3.05) is 13.1 Å². The second-order valence-electron chi connectivity index (χ2n) is 7.51. The summed E-state index contributed by atoms with van der Waals surface area (Å²) in [6.07, 6.45) is 2.65. The molecule has 0 aliphatic carbocycles. The maximum Gasteiger partial charge on any atom is 0.410 e. The van der Waals surface area contributed by atoms with E-state index in [0.29, 0.717) is 19.0 Å². The summed E-state index contributed by atoms with van der Waals surface area (Å²) in [5, 5.41) is 7.69. The Balaban J connectivity index is 1.58. The molecule has 1 aromatic carbocycles. The first-order chi connectivity index (χ1) is 12.3. The maximum absolute atomic E-state index is 12.1. The summed E-state index contributed by atoms with van der Waals surface area (Å²) in [4.78, 5) is 13.9. The first-order valence-electron chi connectivity index (χ1n) is 8.83. The van der Waals surface area contributed by atoms with Gasteiger partial charge in [0.15, 0.2) is 0 Å². The highest BCUT2D eigenvalue weighted by Gasteiger charge is 2.27. The minimum atomic E-state index is -0.475. The largest absolute Gasteiger partial charge is 0.490 e. The van der Waals surface area contributed by atoms with Crippen LogP contribution in [-0.4, -0.2) is 46.0 Å². The van der Waals surface area contributed by atoms with E-state index in [-0.39, 0.29) is 12.2 Å². The molecule has 2 aromatic rings. The lowest BCUT2D eigenvalue weighted by Gasteiger charge is -2.33. The van der Waals surface area contributed by atoms with Gasteiger partial charge in [-0.15, -0.1) is 10.2 Å². The second-order valence-corrected chi connectivity index (χ2v) is 7.51. The summed E-state index contributed by atoms with van der Waals surface area (Å²) in [5.74, 6) is 1.24. The fraction of sp³-hybridized carbons (Fsp3) is 0.526. The van der Waals surface area contributed by atoms with Crippen molar-refractivity contribution in [1.82, 2.24) is 15.1 Å². The molecule has 0 saturated carbocycles. The van der Waals surface area contributed by atoms with Crippen molar-refractivity contribution < 1.29 is 18.7 Å². The van der Waals surface area contributed by atoms with Crippen LogP contribution in [0.4, 0.5) is 4.79 Å². The van der Waals surface area contributed by atoms with Gasteiger partial charge in [-0.3, -0.25) is 0 Å². The summed E-state index contributed by atoms with van der Waals surface area (Å²) in [7, 11) is 0. The number of carbonyl (C=O) groups is 1. The van der Waals surface area contributed by atoms with Crippen molar-refractivity contribution >= 4 is 6.09 Å². The molecule has 0 atom stereocenters. The molecule has 0 unspecified atom stereocenters. The molecule has 0 radical (unpaired) electrons. The van der Waals surface area contributed by atoms with Crippen molar-refractivity contribution in [1.29, 1.82) is 0 Å². The molecule has 1 aliphatic rings. The summed E-state index contributed by atoms with van der Waals surface area (Å²) >= 11 is 0. The Kier molecular flexibility index (Phi) is 5.15. The average molecular weight is 359 g/mol. The zero-order chi connectivity index (χ0) is 18.7. The number of benzene rings is 1. The predicted molar refractivity (Wildman–Crippen MR) is 95.9 cm³/mol. The Bertz CT molecular complexity index is 745. The molecule has 1 fully saturated rings. The summed E-state index contributed by atoms with van der Waals surface area (Å²) < 4.78 is 16.8. The minimum absolute atomic E-state index is 0.0620. The average Bonchev–Trinajstić information content (AvgIpc) is 3.10. The van der Waals surface area contributed by atoms with E-state index >= 15 is 0 Å². The van der Waals surface area contributed by atoms with E-state index in [0.717, 1.165) is 29.7 Å². The van der Waals surface area contributed by atoms with Gasteiger partial charge in [-0.1, -0.05) is 6.07 Å². The van der Waals surface area contributed by atoms with Crippen molar-refractivity contribution in [2.24, 2.45) is 0 Å². The van der Waals surface area contributed by atoms with Crippen LogP contribution < -0.4 is 4.74 Å². The highest BCUT2D eigenvalue weighted by atomic mass is 16.6. The van der Waals surface area contributed by atoms with E-state index in [2.05, 4.69) is 10.2 Å². The van der Waals surface area contributed by atoms with Crippen LogP contribution in [-0.2, 0) is 4.74 Å². The molecule has 2 heterocycles. The van der Waals surface area contributed by atoms with Gasteiger partial charge in [-0.2, -0.15) is 0 Å². The van der Waals surface area contributed by atoms with Crippen molar-refractivity contribution in [3.8, 4) is 17.2 Å². The number of rotatable bonds is 3. The number of aromatic nitrogens is 2. The molecular formula is C19H25N3O4. The Labute approximate surface area is 153 Å². The molecule has 7 nitrogen and oxygen atoms in total. The maximum atomic E-state index is 12.1. The van der Waals surface area contributed by atoms with Gasteiger partial charge < -0.3 is 18.8 Å². The number of hydrogen-bond acceptors (Lipinski definition) is 6. The molecule has 1 aromatic heterocycles. The number of hydrogen-bond donors (Lipinski definition) is 0. The lowest BCUT2D eigenvalue weighted by atomic mass is 10.1. The molecule has 0 bridgehead atoms. The van der Waals surface area contributed by atoms with Gasteiger partial charge in [-0.25, -0.2) is 4.79 Å². The van der Waals surface area contributed by atoms with Gasteiger partial charge in [0.2, 0.25) is 12.3 Å². The molecule has 0 spiro atoms. The zero-order valence-corrected chi connectivity index (χ0v) is 15.7. The Hall–Kier alpha value is -2.57. The van der Waals surface area contributed by atoms with Gasteiger partial charge in [0.25, 0.3) is 0 Å². The number of nitrogens with zero attached hydrogens (tertiary/aromatic N) is 3. The first kappa shape index (κ1) is 18.2. The summed E-state index contributed by atoms with van der Waals surface area (Å²) in [5.41, 5.74) is 1.44. The van der Waals surface area contributed by atoms with Gasteiger partial charge in [0.05, 0.1) is 0 Å². The SMILES string of the molecule is Cc1ccc(OC2CCN(C(=O)OC(C)(C)C)CC2)cc1-c1nnco1. The van der Waals surface area contributed by atoms with E-state index < -0.39 is 5.60 Å². The third-order valence-electron chi connectivity index (χ3n) is 4.20. The van der Waals surface area contributed by atoms with E-state index in [1.54, 1.807) is 4.90 Å². The van der Waals surface area contributed by atoms with Gasteiger partial charge in [0.1, 0.15) is 17.5 Å². The summed E-state index contributed by atoms with van der Waals surface area (Å²) in [6.45, 7) is 8.87. The molecule has 0 N–H and O–H groups in total. The molecule has 1 aliphatic heterocycles. The topological polar surface area (TPSA) is 77.7 Å². The van der Waals surface area contributed by atoms with Crippen LogP contribution in [0, 0.1) is 6.92 Å². The normalized spacial score (nSPS) is 15.8. The van der Waals surface area contributed by atoms with Crippen LogP contribution in [0.25, 0.3) is 11.5 Å². The number of ether oxygens (including phenoxy) is 2. The van der Waals surface area contributed by atoms with Gasteiger partial charge in [0, 0.05) is 31.5 Å². The molecular weight excluding hydrogens is 334 g/mol. The van der Waals surface area contributed by atoms with E-state index in [9.17, 15) is 4.79 Å². The Morgan fingerprint density at radius 2 is 2.00 bits per heavy atom. The standard InChI is InChI=1S/C19H25N3O4/c1-13-5-6-15(11-16(13)17-21-20-12-24-17)25-14-7-9-22(10-8-14)18(23)26-19(2,3)4/h5-6,11-12,14H,7-10H2,1-4H3. The van der Waals surface area contributed by atoms with Crippen LogP contribution >= 0.6 is 0 Å². The monoisotopic (exact) mass is 359 g/mol. The zero-order valence-electron chi connectivity index (χ0n) is 15.7. The summed E-state index contributed by atoms with van der Waals surface area (Å²) in [6, 6.07) is 5.84. The molecule has 1 amide bonds. The van der Waals surface area contributed by atoms with Gasteiger partial charge >= 0.3 is 6.09 Å². The van der Waals surface area contributed by atoms with Crippen LogP contribution in [0.15, 0.2) is 29.0 Å². The fourth-order valence-electron chi connectivity index (χ4n) is 2.87. The predicted octanol–water partition coefficient (Wildman–Crippen LogP) is 3.82. The molecule has 140 valence electrons. The highest BCUT2D eigenvalue weighted by Crippen LogP contribution is 2.28. The van der Waals surface area contributed by atoms with Crippen LogP contribution in [0.3, 0.4) is 0 Å². The van der Waals surface area contributed by atoms with Crippen molar-refractivity contribution in [3.63, 3.8) is 0 Å². The van der Waals surface area contributed by atoms with Crippen molar-refractivity contribution in [3.05, 3.63) is 30.2 Å². The number of likely N-dealkylation sites (tertiary alicyclic amines) is 1. The van der Waals surface area contributed by atoms with Crippen LogP contribution in [0.1, 0.15) is 39.2 Å². The number of carbonyl (C=O) groups excluding carboxylic acids is 1. The Morgan fingerprint density at radius 3 is 2.62 bits per heavy atom. The number of aryl methyl sites for hydroxylation is 1.